The molecule has 0 amide bonds. The summed E-state index contributed by atoms with van der Waals surface area (Å²) < 4.78 is 0. The quantitative estimate of drug-likeness (QED) is 0.798. The zero-order valence-corrected chi connectivity index (χ0v) is 11.8. The minimum absolute atomic E-state index is 0.353. The van der Waals surface area contributed by atoms with E-state index in [-0.39, 0.29) is 0 Å². The van der Waals surface area contributed by atoms with Gasteiger partial charge in [-0.05, 0) is 46.1 Å². The second-order valence-electron chi connectivity index (χ2n) is 5.89. The third-order valence-corrected chi connectivity index (χ3v) is 3.57. The highest BCUT2D eigenvalue weighted by Crippen LogP contribution is 2.20. The van der Waals surface area contributed by atoms with Gasteiger partial charge in [-0.3, -0.25) is 5.32 Å². The van der Waals surface area contributed by atoms with E-state index in [4.69, 9.17) is 0 Å². The van der Waals surface area contributed by atoms with E-state index in [9.17, 15) is 5.26 Å². The van der Waals surface area contributed by atoms with Crippen molar-refractivity contribution in [2.75, 3.05) is 19.6 Å². The Morgan fingerprint density at radius 1 is 1.53 bits per heavy atom. The molecule has 98 valence electrons. The standard InChI is InChI=1S/C14H27N3/c1-5-13-7-6-8-17(9-13)11-14(4,10-15)16-12(2)3/h12-13,16H,5-9,11H2,1-4H3. The molecule has 0 aromatic carbocycles. The summed E-state index contributed by atoms with van der Waals surface area (Å²) in [6.07, 6.45) is 3.90. The molecule has 0 saturated carbocycles. The van der Waals surface area contributed by atoms with Gasteiger partial charge in [0.05, 0.1) is 6.07 Å². The van der Waals surface area contributed by atoms with Crippen molar-refractivity contribution in [3.05, 3.63) is 0 Å². The molecule has 2 atom stereocenters. The lowest BCUT2D eigenvalue weighted by atomic mass is 9.93. The van der Waals surface area contributed by atoms with Gasteiger partial charge in [0.1, 0.15) is 5.54 Å². The predicted octanol–water partition coefficient (Wildman–Crippen LogP) is 2.39. The molecule has 1 heterocycles. The minimum atomic E-state index is -0.413. The van der Waals surface area contributed by atoms with Crippen LogP contribution < -0.4 is 5.32 Å². The van der Waals surface area contributed by atoms with Crippen molar-refractivity contribution in [2.45, 2.75) is 58.5 Å². The molecular formula is C14H27N3. The Kier molecular flexibility index (Phi) is 5.42. The number of rotatable bonds is 5. The van der Waals surface area contributed by atoms with Crippen molar-refractivity contribution in [3.8, 4) is 6.07 Å². The highest BCUT2D eigenvalue weighted by atomic mass is 15.2. The van der Waals surface area contributed by atoms with E-state index < -0.39 is 5.54 Å². The Balaban J connectivity index is 2.53. The topological polar surface area (TPSA) is 39.1 Å². The van der Waals surface area contributed by atoms with Crippen molar-refractivity contribution < 1.29 is 0 Å². The van der Waals surface area contributed by atoms with Gasteiger partial charge in [0.2, 0.25) is 0 Å². The van der Waals surface area contributed by atoms with Crippen LogP contribution in [0.25, 0.3) is 0 Å². The van der Waals surface area contributed by atoms with Gasteiger partial charge in [-0.15, -0.1) is 0 Å². The summed E-state index contributed by atoms with van der Waals surface area (Å²) in [5.41, 5.74) is -0.413. The number of likely N-dealkylation sites (tertiary alicyclic amines) is 1. The first-order valence-electron chi connectivity index (χ1n) is 6.90. The van der Waals surface area contributed by atoms with Crippen molar-refractivity contribution in [2.24, 2.45) is 5.92 Å². The molecule has 3 nitrogen and oxygen atoms in total. The average Bonchev–Trinajstić information content (AvgIpc) is 2.28. The van der Waals surface area contributed by atoms with Crippen LogP contribution in [-0.2, 0) is 0 Å². The summed E-state index contributed by atoms with van der Waals surface area (Å²) in [6, 6.07) is 2.79. The SMILES string of the molecule is CCC1CCCN(CC(C)(C#N)NC(C)C)C1. The fourth-order valence-electron chi connectivity index (χ4n) is 2.83. The molecule has 0 aromatic rings. The molecule has 1 aliphatic rings. The Bertz CT molecular complexity index is 269. The lowest BCUT2D eigenvalue weighted by Crippen LogP contribution is -2.54. The number of piperidine rings is 1. The number of hydrogen-bond donors (Lipinski definition) is 1. The summed E-state index contributed by atoms with van der Waals surface area (Å²) in [5.74, 6) is 0.825. The second-order valence-corrected chi connectivity index (χ2v) is 5.89. The third kappa shape index (κ3) is 4.65. The first-order chi connectivity index (χ1) is 7.99. The fraction of sp³-hybridized carbons (Fsp3) is 0.929. The lowest BCUT2D eigenvalue weighted by molar-refractivity contribution is 0.142. The molecule has 0 aliphatic carbocycles. The fourth-order valence-corrected chi connectivity index (χ4v) is 2.83. The molecule has 1 aliphatic heterocycles. The van der Waals surface area contributed by atoms with Crippen LogP contribution in [0.15, 0.2) is 0 Å². The molecule has 3 heteroatoms. The van der Waals surface area contributed by atoms with E-state index in [2.05, 4.69) is 37.1 Å². The van der Waals surface area contributed by atoms with Crippen LogP contribution in [0, 0.1) is 17.2 Å². The van der Waals surface area contributed by atoms with Gasteiger partial charge in [0, 0.05) is 19.1 Å². The largest absolute Gasteiger partial charge is 0.300 e. The maximum Gasteiger partial charge on any atom is 0.116 e. The molecular weight excluding hydrogens is 210 g/mol. The predicted molar refractivity (Wildman–Crippen MR) is 71.7 cm³/mol. The monoisotopic (exact) mass is 237 g/mol. The van der Waals surface area contributed by atoms with E-state index in [1.54, 1.807) is 0 Å². The van der Waals surface area contributed by atoms with E-state index in [0.717, 1.165) is 25.6 Å². The summed E-state index contributed by atoms with van der Waals surface area (Å²) in [4.78, 5) is 2.45. The highest BCUT2D eigenvalue weighted by Gasteiger charge is 2.29. The minimum Gasteiger partial charge on any atom is -0.300 e. The van der Waals surface area contributed by atoms with Gasteiger partial charge >= 0.3 is 0 Å². The first-order valence-corrected chi connectivity index (χ1v) is 6.90. The molecule has 0 radical (unpaired) electrons. The average molecular weight is 237 g/mol. The van der Waals surface area contributed by atoms with Gasteiger partial charge in [-0.2, -0.15) is 5.26 Å². The van der Waals surface area contributed by atoms with Gasteiger partial charge in [-0.25, -0.2) is 0 Å². The van der Waals surface area contributed by atoms with Gasteiger partial charge in [0.25, 0.3) is 0 Å². The molecule has 17 heavy (non-hydrogen) atoms. The van der Waals surface area contributed by atoms with Crippen molar-refractivity contribution in [1.82, 2.24) is 10.2 Å². The van der Waals surface area contributed by atoms with Crippen LogP contribution in [0.5, 0.6) is 0 Å². The molecule has 0 spiro atoms. The van der Waals surface area contributed by atoms with Gasteiger partial charge in [0.15, 0.2) is 0 Å². The molecule has 1 saturated heterocycles. The Hall–Kier alpha value is -0.590. The number of nitrogens with one attached hydrogen (secondary N) is 1. The summed E-state index contributed by atoms with van der Waals surface area (Å²) >= 11 is 0. The molecule has 1 N–H and O–H groups in total. The smallest absolute Gasteiger partial charge is 0.116 e. The normalized spacial score (nSPS) is 25.5. The maximum atomic E-state index is 9.35. The lowest BCUT2D eigenvalue weighted by Gasteiger charge is -2.37. The second kappa shape index (κ2) is 6.37. The molecule has 0 aromatic heterocycles. The summed E-state index contributed by atoms with van der Waals surface area (Å²) in [5, 5.41) is 12.7. The van der Waals surface area contributed by atoms with Gasteiger partial charge < -0.3 is 4.90 Å². The van der Waals surface area contributed by atoms with Crippen molar-refractivity contribution >= 4 is 0 Å². The summed E-state index contributed by atoms with van der Waals surface area (Å²) in [7, 11) is 0. The zero-order valence-electron chi connectivity index (χ0n) is 11.8. The van der Waals surface area contributed by atoms with E-state index in [1.807, 2.05) is 6.92 Å². The van der Waals surface area contributed by atoms with Crippen LogP contribution >= 0.6 is 0 Å². The number of hydrogen-bond acceptors (Lipinski definition) is 3. The van der Waals surface area contributed by atoms with Crippen LogP contribution in [-0.4, -0.2) is 36.1 Å². The first kappa shape index (κ1) is 14.5. The van der Waals surface area contributed by atoms with Crippen LogP contribution in [0.4, 0.5) is 0 Å². The molecule has 2 unspecified atom stereocenters. The van der Waals surface area contributed by atoms with Crippen LogP contribution in [0.1, 0.15) is 47.0 Å². The van der Waals surface area contributed by atoms with E-state index in [1.165, 1.54) is 19.3 Å². The maximum absolute atomic E-state index is 9.35. The van der Waals surface area contributed by atoms with E-state index in [0.29, 0.717) is 6.04 Å². The Morgan fingerprint density at radius 3 is 2.76 bits per heavy atom. The zero-order chi connectivity index (χ0) is 12.9. The van der Waals surface area contributed by atoms with Crippen LogP contribution in [0.2, 0.25) is 0 Å². The Morgan fingerprint density at radius 2 is 2.24 bits per heavy atom. The Labute approximate surface area is 106 Å². The third-order valence-electron chi connectivity index (χ3n) is 3.57. The number of nitriles is 1. The van der Waals surface area contributed by atoms with E-state index >= 15 is 0 Å². The van der Waals surface area contributed by atoms with Crippen LogP contribution in [0.3, 0.4) is 0 Å². The van der Waals surface area contributed by atoms with Gasteiger partial charge in [-0.1, -0.05) is 13.3 Å². The summed E-state index contributed by atoms with van der Waals surface area (Å²) in [6.45, 7) is 11.6. The van der Waals surface area contributed by atoms with Crippen molar-refractivity contribution in [3.63, 3.8) is 0 Å². The molecule has 1 rings (SSSR count). The highest BCUT2D eigenvalue weighted by molar-refractivity contribution is 5.06. The molecule has 0 bridgehead atoms. The number of nitrogens with zero attached hydrogens (tertiary/aromatic N) is 2. The molecule has 1 fully saturated rings. The van der Waals surface area contributed by atoms with Crippen molar-refractivity contribution in [1.29, 1.82) is 5.26 Å².